The topological polar surface area (TPSA) is 25.1 Å². The summed E-state index contributed by atoms with van der Waals surface area (Å²) in [4.78, 5) is 0. The molecule has 2 saturated carbocycles. The van der Waals surface area contributed by atoms with Gasteiger partial charge in [0.25, 0.3) is 0 Å². The molecule has 16 heavy (non-hydrogen) atoms. The molecule has 7 atom stereocenters. The minimum atomic E-state index is 0.556. The van der Waals surface area contributed by atoms with Crippen molar-refractivity contribution in [1.82, 2.24) is 0 Å². The first-order valence-electron chi connectivity index (χ1n) is 6.80. The van der Waals surface area contributed by atoms with E-state index in [1.807, 2.05) is 0 Å². The molecule has 2 nitrogen and oxygen atoms in total. The fraction of sp³-hybridized carbons (Fsp3) is 0.857. The third-order valence-corrected chi connectivity index (χ3v) is 5.11. The Bertz CT molecular complexity index is 314. The Morgan fingerprint density at radius 3 is 2.62 bits per heavy atom. The van der Waals surface area contributed by atoms with Crippen LogP contribution in [0.15, 0.2) is 12.7 Å². The summed E-state index contributed by atoms with van der Waals surface area (Å²) in [7, 11) is 0. The van der Waals surface area contributed by atoms with Crippen LogP contribution in [-0.2, 0) is 9.47 Å². The van der Waals surface area contributed by atoms with Crippen LogP contribution < -0.4 is 0 Å². The van der Waals surface area contributed by atoms with Crippen LogP contribution in [0.4, 0.5) is 0 Å². The number of hydrogen-bond acceptors (Lipinski definition) is 2. The van der Waals surface area contributed by atoms with Crippen molar-refractivity contribution in [2.75, 3.05) is 0 Å². The zero-order valence-corrected chi connectivity index (χ0v) is 9.68. The molecule has 2 heterocycles. The Labute approximate surface area is 97.0 Å². The molecular weight excluding hydrogens is 200 g/mol. The van der Waals surface area contributed by atoms with E-state index in [1.165, 1.54) is 32.1 Å². The van der Waals surface area contributed by atoms with E-state index in [0.717, 1.165) is 11.8 Å². The molecule has 2 saturated heterocycles. The third-order valence-electron chi connectivity index (χ3n) is 5.11. The van der Waals surface area contributed by atoms with Crippen molar-refractivity contribution >= 4 is 0 Å². The Kier molecular flexibility index (Phi) is 2.01. The molecule has 0 N–H and O–H groups in total. The lowest BCUT2D eigenvalue weighted by Gasteiger charge is -2.31. The number of rotatable bonds is 2. The summed E-state index contributed by atoms with van der Waals surface area (Å²) in [5, 5.41) is 0. The molecule has 4 aliphatic rings. The molecule has 88 valence electrons. The van der Waals surface area contributed by atoms with Gasteiger partial charge in [-0.15, -0.1) is 6.58 Å². The van der Waals surface area contributed by atoms with Crippen molar-refractivity contribution in [2.45, 2.75) is 56.5 Å². The lowest BCUT2D eigenvalue weighted by molar-refractivity contribution is 0.170. The summed E-state index contributed by atoms with van der Waals surface area (Å²) in [6, 6.07) is 0. The maximum absolute atomic E-state index is 5.84. The van der Waals surface area contributed by atoms with Crippen LogP contribution in [0.1, 0.15) is 32.1 Å². The van der Waals surface area contributed by atoms with Crippen LogP contribution in [0.25, 0.3) is 0 Å². The highest BCUT2D eigenvalue weighted by Crippen LogP contribution is 2.53. The van der Waals surface area contributed by atoms with Gasteiger partial charge in [0.2, 0.25) is 0 Å². The lowest BCUT2D eigenvalue weighted by Crippen LogP contribution is -2.33. The maximum atomic E-state index is 5.84. The minimum absolute atomic E-state index is 0.556. The van der Waals surface area contributed by atoms with Gasteiger partial charge in [0.05, 0.1) is 24.4 Å². The molecule has 0 aromatic carbocycles. The van der Waals surface area contributed by atoms with E-state index in [2.05, 4.69) is 12.7 Å². The van der Waals surface area contributed by atoms with Gasteiger partial charge < -0.3 is 9.47 Å². The highest BCUT2D eigenvalue weighted by molar-refractivity contribution is 5.07. The summed E-state index contributed by atoms with van der Waals surface area (Å²) in [6.07, 6.45) is 11.0. The second kappa shape index (κ2) is 3.33. The van der Waals surface area contributed by atoms with Gasteiger partial charge in [-0.25, -0.2) is 0 Å². The molecule has 0 aromatic heterocycles. The molecule has 2 aliphatic heterocycles. The molecule has 2 heteroatoms. The average Bonchev–Trinajstić information content (AvgIpc) is 3.19. The van der Waals surface area contributed by atoms with Crippen molar-refractivity contribution in [1.29, 1.82) is 0 Å². The fourth-order valence-electron chi connectivity index (χ4n) is 4.15. The van der Waals surface area contributed by atoms with Gasteiger partial charge >= 0.3 is 0 Å². The normalized spacial score (nSPS) is 58.4. The standard InChI is InChI=1S/C14H20O2/c1-2-8-6-10(14-12(7-8)16-14)9-4-3-5-11-13(9)15-11/h2,8-14H,1,3-7H2. The molecule has 0 aromatic rings. The first kappa shape index (κ1) is 9.67. The summed E-state index contributed by atoms with van der Waals surface area (Å²) in [6.45, 7) is 3.96. The lowest BCUT2D eigenvalue weighted by atomic mass is 9.70. The molecule has 0 amide bonds. The van der Waals surface area contributed by atoms with Crippen LogP contribution in [-0.4, -0.2) is 24.4 Å². The van der Waals surface area contributed by atoms with E-state index in [9.17, 15) is 0 Å². The maximum Gasteiger partial charge on any atom is 0.0874 e. The van der Waals surface area contributed by atoms with E-state index >= 15 is 0 Å². The minimum Gasteiger partial charge on any atom is -0.369 e. The first-order chi connectivity index (χ1) is 7.86. The summed E-state index contributed by atoms with van der Waals surface area (Å²) >= 11 is 0. The second-order valence-electron chi connectivity index (χ2n) is 6.00. The highest BCUT2D eigenvalue weighted by Gasteiger charge is 2.58. The highest BCUT2D eigenvalue weighted by atomic mass is 16.6. The summed E-state index contributed by atoms with van der Waals surface area (Å²) < 4.78 is 11.6. The third kappa shape index (κ3) is 1.39. The molecule has 2 aliphatic carbocycles. The summed E-state index contributed by atoms with van der Waals surface area (Å²) in [5.41, 5.74) is 0. The molecule has 0 spiro atoms. The van der Waals surface area contributed by atoms with Crippen molar-refractivity contribution < 1.29 is 9.47 Å². The van der Waals surface area contributed by atoms with Gasteiger partial charge in [0.1, 0.15) is 0 Å². The Hall–Kier alpha value is -0.340. The van der Waals surface area contributed by atoms with E-state index in [0.29, 0.717) is 30.3 Å². The fourth-order valence-corrected chi connectivity index (χ4v) is 4.15. The smallest absolute Gasteiger partial charge is 0.0874 e. The van der Waals surface area contributed by atoms with E-state index in [4.69, 9.17) is 9.47 Å². The zero-order chi connectivity index (χ0) is 10.7. The van der Waals surface area contributed by atoms with E-state index in [1.54, 1.807) is 0 Å². The quantitative estimate of drug-likeness (QED) is 0.528. The van der Waals surface area contributed by atoms with Gasteiger partial charge in [-0.1, -0.05) is 12.5 Å². The zero-order valence-electron chi connectivity index (χ0n) is 9.68. The van der Waals surface area contributed by atoms with Gasteiger partial charge in [-0.3, -0.25) is 0 Å². The van der Waals surface area contributed by atoms with Crippen molar-refractivity contribution in [2.24, 2.45) is 17.8 Å². The molecule has 7 unspecified atom stereocenters. The van der Waals surface area contributed by atoms with Gasteiger partial charge in [-0.2, -0.15) is 0 Å². The Balaban J connectivity index is 1.51. The molecule has 4 fully saturated rings. The molecular formula is C14H20O2. The molecule has 0 bridgehead atoms. The van der Waals surface area contributed by atoms with Crippen LogP contribution in [0, 0.1) is 17.8 Å². The van der Waals surface area contributed by atoms with Crippen molar-refractivity contribution in [3.05, 3.63) is 12.7 Å². The molecule has 4 rings (SSSR count). The van der Waals surface area contributed by atoms with Crippen molar-refractivity contribution in [3.63, 3.8) is 0 Å². The number of hydrogen-bond donors (Lipinski definition) is 0. The number of ether oxygens (including phenoxy) is 2. The van der Waals surface area contributed by atoms with Gasteiger partial charge in [0.15, 0.2) is 0 Å². The second-order valence-corrected chi connectivity index (χ2v) is 6.00. The monoisotopic (exact) mass is 220 g/mol. The number of fused-ring (bicyclic) bond motifs is 2. The predicted molar refractivity (Wildman–Crippen MR) is 61.1 cm³/mol. The predicted octanol–water partition coefficient (Wildman–Crippen LogP) is 2.53. The SMILES string of the molecule is C=CC1CC2OC2C(C2CCCC3OC32)C1. The molecule has 0 radical (unpaired) electrons. The van der Waals surface area contributed by atoms with Crippen LogP contribution >= 0.6 is 0 Å². The van der Waals surface area contributed by atoms with E-state index < -0.39 is 0 Å². The first-order valence-corrected chi connectivity index (χ1v) is 6.80. The van der Waals surface area contributed by atoms with Gasteiger partial charge in [-0.05, 0) is 43.4 Å². The van der Waals surface area contributed by atoms with Crippen LogP contribution in [0.2, 0.25) is 0 Å². The Morgan fingerprint density at radius 2 is 1.75 bits per heavy atom. The Morgan fingerprint density at radius 1 is 0.938 bits per heavy atom. The van der Waals surface area contributed by atoms with E-state index in [-0.39, 0.29) is 0 Å². The average molecular weight is 220 g/mol. The van der Waals surface area contributed by atoms with Gasteiger partial charge in [0, 0.05) is 0 Å². The number of allylic oxidation sites excluding steroid dienone is 1. The van der Waals surface area contributed by atoms with Crippen LogP contribution in [0.5, 0.6) is 0 Å². The largest absolute Gasteiger partial charge is 0.369 e. The van der Waals surface area contributed by atoms with Crippen LogP contribution in [0.3, 0.4) is 0 Å². The van der Waals surface area contributed by atoms with Crippen molar-refractivity contribution in [3.8, 4) is 0 Å². The summed E-state index contributed by atoms with van der Waals surface area (Å²) in [5.74, 6) is 2.24. The number of epoxide rings is 2.